The maximum absolute atomic E-state index is 12.2. The van der Waals surface area contributed by atoms with Crippen LogP contribution in [0, 0.1) is 6.92 Å². The molecule has 0 saturated heterocycles. The van der Waals surface area contributed by atoms with E-state index in [4.69, 9.17) is 0 Å². The maximum Gasteiger partial charge on any atom is 0.270 e. The molecular formula is C16H29N5O. The third kappa shape index (κ3) is 5.97. The third-order valence-corrected chi connectivity index (χ3v) is 3.19. The van der Waals surface area contributed by atoms with E-state index in [9.17, 15) is 4.79 Å². The smallest absolute Gasteiger partial charge is 0.270 e. The number of hydrogen-bond donors (Lipinski definition) is 1. The number of nitrogens with one attached hydrogen (secondary N) is 1. The van der Waals surface area contributed by atoms with Crippen molar-refractivity contribution in [2.45, 2.75) is 33.6 Å². The van der Waals surface area contributed by atoms with Crippen molar-refractivity contribution in [1.82, 2.24) is 20.2 Å². The zero-order chi connectivity index (χ0) is 16.5. The fourth-order valence-electron chi connectivity index (χ4n) is 2.15. The van der Waals surface area contributed by atoms with E-state index in [0.717, 1.165) is 38.2 Å². The molecule has 1 N–H and O–H groups in total. The van der Waals surface area contributed by atoms with E-state index in [1.165, 1.54) is 0 Å². The first-order valence-corrected chi connectivity index (χ1v) is 8.01. The number of rotatable bonds is 9. The maximum atomic E-state index is 12.2. The van der Waals surface area contributed by atoms with Crippen LogP contribution in [-0.4, -0.2) is 61.0 Å². The third-order valence-electron chi connectivity index (χ3n) is 3.19. The Morgan fingerprint density at radius 3 is 2.32 bits per heavy atom. The molecule has 0 fully saturated rings. The first-order chi connectivity index (χ1) is 10.5. The molecule has 0 radical (unpaired) electrons. The van der Waals surface area contributed by atoms with Gasteiger partial charge in [-0.05, 0) is 39.9 Å². The van der Waals surface area contributed by atoms with Gasteiger partial charge in [0.05, 0.1) is 0 Å². The van der Waals surface area contributed by atoms with Crippen LogP contribution >= 0.6 is 0 Å². The lowest BCUT2D eigenvalue weighted by atomic mass is 10.3. The highest BCUT2D eigenvalue weighted by atomic mass is 16.1. The predicted molar refractivity (Wildman–Crippen MR) is 90.5 cm³/mol. The molecular weight excluding hydrogens is 278 g/mol. The molecule has 6 nitrogen and oxygen atoms in total. The van der Waals surface area contributed by atoms with Gasteiger partial charge < -0.3 is 15.1 Å². The number of carbonyl (C=O) groups is 1. The second kappa shape index (κ2) is 9.35. The SMILES string of the molecule is CCCN(CCC)c1nc(C)cc(C(=O)NCCN(C)C)n1. The summed E-state index contributed by atoms with van der Waals surface area (Å²) in [5.74, 6) is 0.517. The lowest BCUT2D eigenvalue weighted by Gasteiger charge is -2.22. The monoisotopic (exact) mass is 307 g/mol. The minimum absolute atomic E-state index is 0.137. The van der Waals surface area contributed by atoms with E-state index in [2.05, 4.69) is 34.0 Å². The summed E-state index contributed by atoms with van der Waals surface area (Å²) in [5.41, 5.74) is 1.26. The Bertz CT molecular complexity index is 470. The number of likely N-dealkylation sites (N-methyl/N-ethyl adjacent to an activating group) is 1. The normalized spacial score (nSPS) is 10.8. The summed E-state index contributed by atoms with van der Waals surface area (Å²) in [6.07, 6.45) is 2.06. The van der Waals surface area contributed by atoms with Crippen molar-refractivity contribution in [3.63, 3.8) is 0 Å². The lowest BCUT2D eigenvalue weighted by Crippen LogP contribution is -2.33. The van der Waals surface area contributed by atoms with Crippen molar-refractivity contribution in [2.75, 3.05) is 45.2 Å². The Labute approximate surface area is 133 Å². The second-order valence-corrected chi connectivity index (χ2v) is 5.74. The van der Waals surface area contributed by atoms with Gasteiger partial charge >= 0.3 is 0 Å². The van der Waals surface area contributed by atoms with Crippen molar-refractivity contribution in [3.8, 4) is 0 Å². The molecule has 0 bridgehead atoms. The Morgan fingerprint density at radius 1 is 1.14 bits per heavy atom. The van der Waals surface area contributed by atoms with Crippen LogP contribution < -0.4 is 10.2 Å². The molecule has 0 aliphatic carbocycles. The van der Waals surface area contributed by atoms with Crippen molar-refractivity contribution in [3.05, 3.63) is 17.5 Å². The molecule has 1 aromatic rings. The number of carbonyl (C=O) groups excluding carboxylic acids is 1. The standard InChI is InChI=1S/C16H29N5O/c1-6-9-21(10-7-2)16-18-13(3)12-14(19-16)15(22)17-8-11-20(4)5/h12H,6-11H2,1-5H3,(H,17,22). The van der Waals surface area contributed by atoms with Gasteiger partial charge in [-0.2, -0.15) is 0 Å². The van der Waals surface area contributed by atoms with Crippen molar-refractivity contribution in [1.29, 1.82) is 0 Å². The Balaban J connectivity index is 2.85. The van der Waals surface area contributed by atoms with Gasteiger partial charge in [-0.3, -0.25) is 4.79 Å². The summed E-state index contributed by atoms with van der Waals surface area (Å²) in [4.78, 5) is 25.3. The average molecular weight is 307 g/mol. The number of nitrogens with zero attached hydrogens (tertiary/aromatic N) is 4. The van der Waals surface area contributed by atoms with Gasteiger partial charge in [0.15, 0.2) is 0 Å². The number of hydrogen-bond acceptors (Lipinski definition) is 5. The average Bonchev–Trinajstić information content (AvgIpc) is 2.46. The fraction of sp³-hybridized carbons (Fsp3) is 0.688. The molecule has 1 rings (SSSR count). The Hall–Kier alpha value is -1.69. The molecule has 0 saturated carbocycles. The summed E-state index contributed by atoms with van der Waals surface area (Å²) in [6.45, 7) is 9.38. The van der Waals surface area contributed by atoms with Crippen LogP contribution in [-0.2, 0) is 0 Å². The minimum Gasteiger partial charge on any atom is -0.349 e. The summed E-state index contributed by atoms with van der Waals surface area (Å²) >= 11 is 0. The van der Waals surface area contributed by atoms with E-state index < -0.39 is 0 Å². The minimum atomic E-state index is -0.137. The highest BCUT2D eigenvalue weighted by molar-refractivity contribution is 5.92. The van der Waals surface area contributed by atoms with E-state index in [0.29, 0.717) is 18.2 Å². The lowest BCUT2D eigenvalue weighted by molar-refractivity contribution is 0.0946. The van der Waals surface area contributed by atoms with E-state index in [-0.39, 0.29) is 5.91 Å². The molecule has 0 atom stereocenters. The van der Waals surface area contributed by atoms with Crippen LogP contribution in [0.5, 0.6) is 0 Å². The summed E-state index contributed by atoms with van der Waals surface area (Å²) in [7, 11) is 3.96. The molecule has 22 heavy (non-hydrogen) atoms. The molecule has 1 aromatic heterocycles. The highest BCUT2D eigenvalue weighted by Gasteiger charge is 2.14. The Kier molecular flexibility index (Phi) is 7.80. The van der Waals surface area contributed by atoms with Crippen LogP contribution in [0.15, 0.2) is 6.07 Å². The molecule has 124 valence electrons. The molecule has 1 amide bonds. The van der Waals surface area contributed by atoms with Gasteiger partial charge in [0, 0.05) is 31.9 Å². The zero-order valence-corrected chi connectivity index (χ0v) is 14.5. The van der Waals surface area contributed by atoms with Gasteiger partial charge in [-0.15, -0.1) is 0 Å². The molecule has 0 aliphatic rings. The van der Waals surface area contributed by atoms with Gasteiger partial charge in [0.1, 0.15) is 5.69 Å². The van der Waals surface area contributed by atoms with Gasteiger partial charge in [-0.25, -0.2) is 9.97 Å². The predicted octanol–water partition coefficient (Wildman–Crippen LogP) is 1.70. The molecule has 0 unspecified atom stereocenters. The second-order valence-electron chi connectivity index (χ2n) is 5.74. The first-order valence-electron chi connectivity index (χ1n) is 8.01. The molecule has 0 aromatic carbocycles. The van der Waals surface area contributed by atoms with E-state index in [1.807, 2.05) is 25.9 Å². The largest absolute Gasteiger partial charge is 0.349 e. The van der Waals surface area contributed by atoms with Crippen LogP contribution in [0.25, 0.3) is 0 Å². The van der Waals surface area contributed by atoms with Crippen LogP contribution in [0.3, 0.4) is 0 Å². The Morgan fingerprint density at radius 2 is 1.77 bits per heavy atom. The molecule has 0 aliphatic heterocycles. The van der Waals surface area contributed by atoms with Crippen molar-refractivity contribution in [2.24, 2.45) is 0 Å². The quantitative estimate of drug-likeness (QED) is 0.752. The number of aryl methyl sites for hydroxylation is 1. The zero-order valence-electron chi connectivity index (χ0n) is 14.5. The number of amides is 1. The summed E-state index contributed by atoms with van der Waals surface area (Å²) in [6, 6.07) is 1.74. The molecule has 1 heterocycles. The van der Waals surface area contributed by atoms with Crippen molar-refractivity contribution >= 4 is 11.9 Å². The van der Waals surface area contributed by atoms with Crippen molar-refractivity contribution < 1.29 is 4.79 Å². The van der Waals surface area contributed by atoms with Gasteiger partial charge in [0.2, 0.25) is 5.95 Å². The summed E-state index contributed by atoms with van der Waals surface area (Å²) in [5, 5.41) is 2.90. The van der Waals surface area contributed by atoms with Crippen LogP contribution in [0.1, 0.15) is 42.9 Å². The topological polar surface area (TPSA) is 61.4 Å². The molecule has 0 spiro atoms. The first kappa shape index (κ1) is 18.4. The van der Waals surface area contributed by atoms with Crippen LogP contribution in [0.4, 0.5) is 5.95 Å². The van der Waals surface area contributed by atoms with Gasteiger partial charge in [0.25, 0.3) is 5.91 Å². The highest BCUT2D eigenvalue weighted by Crippen LogP contribution is 2.11. The number of aromatic nitrogens is 2. The number of anilines is 1. The van der Waals surface area contributed by atoms with E-state index in [1.54, 1.807) is 6.07 Å². The van der Waals surface area contributed by atoms with Gasteiger partial charge in [-0.1, -0.05) is 13.8 Å². The van der Waals surface area contributed by atoms with E-state index >= 15 is 0 Å². The fourth-order valence-corrected chi connectivity index (χ4v) is 2.15. The molecule has 6 heteroatoms. The van der Waals surface area contributed by atoms with Crippen LogP contribution in [0.2, 0.25) is 0 Å². The summed E-state index contributed by atoms with van der Waals surface area (Å²) < 4.78 is 0.